The van der Waals surface area contributed by atoms with Crippen LogP contribution in [0.2, 0.25) is 0 Å². The number of halogens is 2. The van der Waals surface area contributed by atoms with Crippen LogP contribution < -0.4 is 0 Å². The standard InChI is InChI=1S/C5H9Cl2O4P/c6-5(7)3-1-2-4-11-12(8,9)10/h1-2,5H,3-4H2,(H2,8,9,10). The summed E-state index contributed by atoms with van der Waals surface area (Å²) >= 11 is 10.7. The summed E-state index contributed by atoms with van der Waals surface area (Å²) in [7, 11) is -4.35. The molecule has 0 aliphatic carbocycles. The van der Waals surface area contributed by atoms with Crippen molar-refractivity contribution in [1.29, 1.82) is 0 Å². The summed E-state index contributed by atoms with van der Waals surface area (Å²) in [5.41, 5.74) is 0. The number of hydrogen-bond donors (Lipinski definition) is 2. The first-order chi connectivity index (χ1) is 5.42. The van der Waals surface area contributed by atoms with E-state index in [1.54, 1.807) is 6.08 Å². The molecule has 7 heteroatoms. The molecule has 0 radical (unpaired) electrons. The topological polar surface area (TPSA) is 66.8 Å². The van der Waals surface area contributed by atoms with E-state index in [0.29, 0.717) is 6.42 Å². The zero-order valence-electron chi connectivity index (χ0n) is 6.06. The summed E-state index contributed by atoms with van der Waals surface area (Å²) in [6.45, 7) is -0.148. The van der Waals surface area contributed by atoms with Gasteiger partial charge in [-0.25, -0.2) is 4.57 Å². The molecule has 0 fully saturated rings. The number of phosphoric acid groups is 1. The van der Waals surface area contributed by atoms with E-state index in [1.165, 1.54) is 6.08 Å². The van der Waals surface area contributed by atoms with Crippen molar-refractivity contribution in [2.75, 3.05) is 6.61 Å². The highest BCUT2D eigenvalue weighted by atomic mass is 35.5. The van der Waals surface area contributed by atoms with Crippen LogP contribution in [0.1, 0.15) is 6.42 Å². The molecule has 4 nitrogen and oxygen atoms in total. The van der Waals surface area contributed by atoms with Crippen molar-refractivity contribution in [2.24, 2.45) is 0 Å². The molecule has 0 aromatic rings. The van der Waals surface area contributed by atoms with E-state index < -0.39 is 12.7 Å². The van der Waals surface area contributed by atoms with E-state index in [-0.39, 0.29) is 6.61 Å². The molecule has 0 unspecified atom stereocenters. The van der Waals surface area contributed by atoms with Crippen molar-refractivity contribution in [3.05, 3.63) is 12.2 Å². The Labute approximate surface area is 80.4 Å². The van der Waals surface area contributed by atoms with Crippen LogP contribution in [0.3, 0.4) is 0 Å². The van der Waals surface area contributed by atoms with Crippen molar-refractivity contribution in [3.8, 4) is 0 Å². The van der Waals surface area contributed by atoms with Crippen LogP contribution in [0, 0.1) is 0 Å². The fourth-order valence-corrected chi connectivity index (χ4v) is 0.893. The lowest BCUT2D eigenvalue weighted by molar-refractivity contribution is 0.215. The van der Waals surface area contributed by atoms with Crippen molar-refractivity contribution >= 4 is 31.0 Å². The van der Waals surface area contributed by atoms with E-state index in [2.05, 4.69) is 4.52 Å². The van der Waals surface area contributed by atoms with Crippen LogP contribution in [-0.2, 0) is 9.09 Å². The Morgan fingerprint density at radius 2 is 2.00 bits per heavy atom. The SMILES string of the molecule is O=P(O)(O)OCC=CCC(Cl)Cl. The maximum absolute atomic E-state index is 10.1. The van der Waals surface area contributed by atoms with Gasteiger partial charge >= 0.3 is 7.82 Å². The Kier molecular flexibility index (Phi) is 6.19. The molecule has 0 aliphatic heterocycles. The monoisotopic (exact) mass is 234 g/mol. The minimum Gasteiger partial charge on any atom is -0.303 e. The zero-order valence-corrected chi connectivity index (χ0v) is 8.47. The van der Waals surface area contributed by atoms with Gasteiger partial charge in [-0.3, -0.25) is 4.52 Å². The van der Waals surface area contributed by atoms with Gasteiger partial charge in [0.2, 0.25) is 0 Å². The Hall–Kier alpha value is 0.430. The quantitative estimate of drug-likeness (QED) is 0.433. The van der Waals surface area contributed by atoms with Crippen LogP contribution in [0.4, 0.5) is 0 Å². The molecule has 0 rings (SSSR count). The number of alkyl halides is 2. The summed E-state index contributed by atoms with van der Waals surface area (Å²) in [6.07, 6.45) is 3.45. The summed E-state index contributed by atoms with van der Waals surface area (Å²) in [6, 6.07) is 0. The molecule has 12 heavy (non-hydrogen) atoms. The van der Waals surface area contributed by atoms with Crippen molar-refractivity contribution in [1.82, 2.24) is 0 Å². The first kappa shape index (κ1) is 12.4. The molecular weight excluding hydrogens is 226 g/mol. The summed E-state index contributed by atoms with van der Waals surface area (Å²) in [4.78, 5) is 16.0. The lowest BCUT2D eigenvalue weighted by Crippen LogP contribution is -1.88. The van der Waals surface area contributed by atoms with Crippen LogP contribution in [0.25, 0.3) is 0 Å². The van der Waals surface area contributed by atoms with Crippen LogP contribution >= 0.6 is 31.0 Å². The molecule has 0 heterocycles. The molecular formula is C5H9Cl2O4P. The average Bonchev–Trinajstić information content (AvgIpc) is 1.83. The first-order valence-electron chi connectivity index (χ1n) is 3.05. The molecule has 0 aromatic carbocycles. The van der Waals surface area contributed by atoms with Gasteiger partial charge in [0, 0.05) is 0 Å². The van der Waals surface area contributed by atoms with Crippen molar-refractivity contribution in [3.63, 3.8) is 0 Å². The molecule has 0 spiro atoms. The highest BCUT2D eigenvalue weighted by Gasteiger charge is 2.11. The third-order valence-corrected chi connectivity index (χ3v) is 1.66. The molecule has 2 N–H and O–H groups in total. The summed E-state index contributed by atoms with van der Waals surface area (Å²) in [5, 5.41) is 0. The van der Waals surface area contributed by atoms with Gasteiger partial charge < -0.3 is 9.79 Å². The van der Waals surface area contributed by atoms with E-state index in [1.807, 2.05) is 0 Å². The fourth-order valence-electron chi connectivity index (χ4n) is 0.407. The molecule has 72 valence electrons. The zero-order chi connectivity index (χ0) is 9.61. The van der Waals surface area contributed by atoms with Crippen molar-refractivity contribution < 1.29 is 18.9 Å². The van der Waals surface area contributed by atoms with E-state index >= 15 is 0 Å². The first-order valence-corrected chi connectivity index (χ1v) is 5.45. The Balaban J connectivity index is 3.44. The number of rotatable bonds is 5. The second kappa shape index (κ2) is 5.97. The Morgan fingerprint density at radius 1 is 1.42 bits per heavy atom. The molecule has 0 saturated carbocycles. The highest BCUT2D eigenvalue weighted by molar-refractivity contribution is 7.46. The summed E-state index contributed by atoms with van der Waals surface area (Å²) in [5.74, 6) is 0. The van der Waals surface area contributed by atoms with Crippen LogP contribution in [0.15, 0.2) is 12.2 Å². The van der Waals surface area contributed by atoms with Gasteiger partial charge in [-0.2, -0.15) is 0 Å². The number of phosphoric ester groups is 1. The van der Waals surface area contributed by atoms with E-state index in [9.17, 15) is 4.57 Å². The number of allylic oxidation sites excluding steroid dienone is 1. The lowest BCUT2D eigenvalue weighted by atomic mass is 10.4. The molecule has 0 bridgehead atoms. The second-order valence-corrected chi connectivity index (χ2v) is 4.40. The minimum atomic E-state index is -4.35. The normalized spacial score (nSPS) is 13.1. The maximum Gasteiger partial charge on any atom is 0.469 e. The van der Waals surface area contributed by atoms with Gasteiger partial charge in [-0.05, 0) is 6.42 Å². The van der Waals surface area contributed by atoms with Gasteiger partial charge in [-0.1, -0.05) is 12.2 Å². The van der Waals surface area contributed by atoms with Crippen molar-refractivity contribution in [2.45, 2.75) is 11.3 Å². The molecule has 0 aromatic heterocycles. The molecule has 0 atom stereocenters. The fraction of sp³-hybridized carbons (Fsp3) is 0.600. The van der Waals surface area contributed by atoms with E-state index in [0.717, 1.165) is 0 Å². The molecule has 0 aliphatic rings. The highest BCUT2D eigenvalue weighted by Crippen LogP contribution is 2.35. The average molecular weight is 235 g/mol. The molecule has 0 saturated heterocycles. The van der Waals surface area contributed by atoms with Crippen LogP contribution in [-0.4, -0.2) is 21.2 Å². The maximum atomic E-state index is 10.1. The largest absolute Gasteiger partial charge is 0.469 e. The van der Waals surface area contributed by atoms with Gasteiger partial charge in [0.25, 0.3) is 0 Å². The van der Waals surface area contributed by atoms with Gasteiger partial charge in [0.05, 0.1) is 6.61 Å². The Bertz CT molecular complexity index is 188. The van der Waals surface area contributed by atoms with Gasteiger partial charge in [-0.15, -0.1) is 23.2 Å². The minimum absolute atomic E-state index is 0.148. The Morgan fingerprint density at radius 3 is 2.42 bits per heavy atom. The predicted octanol–water partition coefficient (Wildman–Crippen LogP) is 1.85. The third kappa shape index (κ3) is 10.4. The van der Waals surface area contributed by atoms with Gasteiger partial charge in [0.1, 0.15) is 4.84 Å². The van der Waals surface area contributed by atoms with E-state index in [4.69, 9.17) is 33.0 Å². The lowest BCUT2D eigenvalue weighted by Gasteiger charge is -2.00. The predicted molar refractivity (Wildman–Crippen MR) is 47.2 cm³/mol. The van der Waals surface area contributed by atoms with Gasteiger partial charge in [0.15, 0.2) is 0 Å². The second-order valence-electron chi connectivity index (χ2n) is 1.88. The smallest absolute Gasteiger partial charge is 0.303 e. The number of hydrogen-bond acceptors (Lipinski definition) is 2. The summed E-state index contributed by atoms with van der Waals surface area (Å²) < 4.78 is 14.2. The molecule has 0 amide bonds. The van der Waals surface area contributed by atoms with Crippen LogP contribution in [0.5, 0.6) is 0 Å². The third-order valence-electron chi connectivity index (χ3n) is 0.820.